The Morgan fingerprint density at radius 1 is 0.439 bits per heavy atom. The van der Waals surface area contributed by atoms with E-state index in [2.05, 4.69) is 165 Å². The lowest BCUT2D eigenvalue weighted by Gasteiger charge is -2.19. The van der Waals surface area contributed by atoms with Crippen LogP contribution in [0.5, 0.6) is 0 Å². The van der Waals surface area contributed by atoms with Crippen LogP contribution < -0.4 is 5.32 Å². The molecule has 0 rings (SSSR count). The Balaban J connectivity index is 3.82. The van der Waals surface area contributed by atoms with E-state index < -0.39 is 12.1 Å². The third kappa shape index (κ3) is 43.0. The third-order valence-electron chi connectivity index (χ3n) is 8.72. The lowest BCUT2D eigenvalue weighted by molar-refractivity contribution is -0.123. The molecule has 1 amide bonds. The van der Waals surface area contributed by atoms with E-state index in [9.17, 15) is 15.0 Å². The highest BCUT2D eigenvalue weighted by atomic mass is 16.3. The molecule has 2 unspecified atom stereocenters. The first kappa shape index (κ1) is 53.0. The summed E-state index contributed by atoms with van der Waals surface area (Å²) in [5, 5.41) is 22.9. The minimum absolute atomic E-state index is 0.131. The largest absolute Gasteiger partial charge is 0.394 e. The molecular weight excluding hydrogens is 699 g/mol. The minimum atomic E-state index is -0.899. The molecule has 0 saturated carbocycles. The number of carbonyl (C=O) groups is 1. The van der Waals surface area contributed by atoms with Crippen LogP contribution >= 0.6 is 0 Å². The SMILES string of the molecule is CC/C=C\C/C=C\C/C=C\C/C=C\C/C=C\C/C=C\C/C=C\C/C=C\C/C=C\C/C=C\CCCCC(=O)NC(CO)C(O)/C=C/CC/C=C/CC/C=C/CCCC. The molecule has 0 spiro atoms. The Hall–Kier alpha value is -3.99. The van der Waals surface area contributed by atoms with E-state index in [1.54, 1.807) is 6.08 Å². The first-order chi connectivity index (χ1) is 28.2. The van der Waals surface area contributed by atoms with E-state index >= 15 is 0 Å². The molecule has 57 heavy (non-hydrogen) atoms. The van der Waals surface area contributed by atoms with E-state index in [-0.39, 0.29) is 12.5 Å². The maximum atomic E-state index is 12.3. The number of aliphatic hydroxyl groups excluding tert-OH is 2. The molecule has 4 heteroatoms. The summed E-state index contributed by atoms with van der Waals surface area (Å²) in [6, 6.07) is -0.680. The van der Waals surface area contributed by atoms with Crippen LogP contribution in [-0.4, -0.2) is 34.9 Å². The zero-order valence-corrected chi connectivity index (χ0v) is 36.0. The molecular formula is C53H81NO3. The summed E-state index contributed by atoms with van der Waals surface area (Å²) < 4.78 is 0. The summed E-state index contributed by atoms with van der Waals surface area (Å²) >= 11 is 0. The van der Waals surface area contributed by atoms with Gasteiger partial charge in [-0.15, -0.1) is 0 Å². The average molecular weight is 780 g/mol. The van der Waals surface area contributed by atoms with Crippen molar-refractivity contribution in [1.82, 2.24) is 5.32 Å². The highest BCUT2D eigenvalue weighted by Gasteiger charge is 2.17. The smallest absolute Gasteiger partial charge is 0.220 e. The molecule has 3 N–H and O–H groups in total. The molecule has 0 aliphatic heterocycles. The van der Waals surface area contributed by atoms with Gasteiger partial charge in [-0.2, -0.15) is 0 Å². The fraction of sp³-hybridized carbons (Fsp3) is 0.491. The molecule has 0 saturated heterocycles. The minimum Gasteiger partial charge on any atom is -0.394 e. The number of hydrogen-bond acceptors (Lipinski definition) is 3. The number of amides is 1. The number of allylic oxidation sites excluding steroid dienone is 25. The van der Waals surface area contributed by atoms with Crippen molar-refractivity contribution in [1.29, 1.82) is 0 Å². The second-order valence-electron chi connectivity index (χ2n) is 14.0. The second kappa shape index (κ2) is 46.4. The van der Waals surface area contributed by atoms with Gasteiger partial charge in [0.1, 0.15) is 0 Å². The van der Waals surface area contributed by atoms with Crippen molar-refractivity contribution in [3.8, 4) is 0 Å². The van der Waals surface area contributed by atoms with Crippen LogP contribution in [0.3, 0.4) is 0 Å². The van der Waals surface area contributed by atoms with Gasteiger partial charge in [0.2, 0.25) is 5.91 Å². The molecule has 2 atom stereocenters. The summed E-state index contributed by atoms with van der Waals surface area (Å²) in [6.07, 6.45) is 76.4. The van der Waals surface area contributed by atoms with Crippen molar-refractivity contribution < 1.29 is 15.0 Å². The predicted molar refractivity (Wildman–Crippen MR) is 252 cm³/mol. The van der Waals surface area contributed by atoms with E-state index in [0.29, 0.717) is 6.42 Å². The molecule has 0 aliphatic rings. The van der Waals surface area contributed by atoms with Crippen molar-refractivity contribution in [2.24, 2.45) is 0 Å². The van der Waals surface area contributed by atoms with Gasteiger partial charge in [-0.1, -0.05) is 185 Å². The molecule has 0 aromatic carbocycles. The monoisotopic (exact) mass is 780 g/mol. The summed E-state index contributed by atoms with van der Waals surface area (Å²) in [4.78, 5) is 12.3. The summed E-state index contributed by atoms with van der Waals surface area (Å²) in [6.45, 7) is 4.08. The van der Waals surface area contributed by atoms with E-state index in [1.165, 1.54) is 19.3 Å². The van der Waals surface area contributed by atoms with Gasteiger partial charge in [-0.05, 0) is 116 Å². The lowest BCUT2D eigenvalue weighted by atomic mass is 10.1. The number of hydrogen-bond donors (Lipinski definition) is 3. The van der Waals surface area contributed by atoms with E-state index in [0.717, 1.165) is 109 Å². The Labute approximate surface area is 350 Å². The van der Waals surface area contributed by atoms with Gasteiger partial charge in [-0.3, -0.25) is 4.79 Å². The molecule has 0 radical (unpaired) electrons. The van der Waals surface area contributed by atoms with Gasteiger partial charge >= 0.3 is 0 Å². The van der Waals surface area contributed by atoms with Gasteiger partial charge < -0.3 is 15.5 Å². The fourth-order valence-electron chi connectivity index (χ4n) is 5.34. The maximum Gasteiger partial charge on any atom is 0.220 e. The number of nitrogens with one attached hydrogen (secondary N) is 1. The highest BCUT2D eigenvalue weighted by molar-refractivity contribution is 5.76. The Bertz CT molecular complexity index is 1300. The normalized spacial score (nSPS) is 14.5. The van der Waals surface area contributed by atoms with Gasteiger partial charge in [0.15, 0.2) is 0 Å². The Morgan fingerprint density at radius 3 is 1.16 bits per heavy atom. The van der Waals surface area contributed by atoms with E-state index in [4.69, 9.17) is 0 Å². The summed E-state index contributed by atoms with van der Waals surface area (Å²) in [5.74, 6) is -0.131. The van der Waals surface area contributed by atoms with Crippen molar-refractivity contribution in [3.63, 3.8) is 0 Å². The van der Waals surface area contributed by atoms with Crippen LogP contribution in [0.4, 0.5) is 0 Å². The predicted octanol–water partition coefficient (Wildman–Crippen LogP) is 14.3. The molecule has 0 bridgehead atoms. The molecule has 0 aromatic rings. The zero-order valence-electron chi connectivity index (χ0n) is 36.0. The Morgan fingerprint density at radius 2 is 0.772 bits per heavy atom. The van der Waals surface area contributed by atoms with Gasteiger partial charge in [0, 0.05) is 6.42 Å². The van der Waals surface area contributed by atoms with Crippen LogP contribution in [0, 0.1) is 0 Å². The number of aliphatic hydroxyl groups is 2. The summed E-state index contributed by atoms with van der Waals surface area (Å²) in [5.41, 5.74) is 0. The molecule has 0 aromatic heterocycles. The van der Waals surface area contributed by atoms with Crippen LogP contribution in [0.2, 0.25) is 0 Å². The van der Waals surface area contributed by atoms with Gasteiger partial charge in [0.25, 0.3) is 0 Å². The molecule has 4 nitrogen and oxygen atoms in total. The average Bonchev–Trinajstić information content (AvgIpc) is 3.22. The number of carbonyl (C=O) groups excluding carboxylic acids is 1. The first-order valence-electron chi connectivity index (χ1n) is 22.2. The second-order valence-corrected chi connectivity index (χ2v) is 14.0. The van der Waals surface area contributed by atoms with E-state index in [1.807, 2.05) is 6.08 Å². The van der Waals surface area contributed by atoms with Gasteiger partial charge in [-0.25, -0.2) is 0 Å². The van der Waals surface area contributed by atoms with Crippen LogP contribution in [0.25, 0.3) is 0 Å². The molecule has 0 aliphatic carbocycles. The van der Waals surface area contributed by atoms with Crippen LogP contribution in [0.1, 0.15) is 149 Å². The molecule has 316 valence electrons. The van der Waals surface area contributed by atoms with Crippen molar-refractivity contribution >= 4 is 5.91 Å². The van der Waals surface area contributed by atoms with Crippen molar-refractivity contribution in [2.45, 2.75) is 161 Å². The zero-order chi connectivity index (χ0) is 41.4. The standard InChI is InChI=1S/C53H81NO3/c1-3-5-7-9-11-13-15-17-18-19-20-21-22-23-24-25-26-27-28-29-30-31-32-33-34-35-36-37-39-41-43-45-47-49-53(57)54-51(50-55)52(56)48-46-44-42-40-38-16-14-12-10-8-6-4-2/h5,7,10-13,17-18,20-21,23-24,26-27,29-30,32-33,35-36,38-41,46,48,51-52,55-56H,3-4,6,8-9,14-16,19,22,25,28,31,34,37,42-45,47,49-50H2,1-2H3,(H,54,57)/b7-5-,12-10+,13-11-,18-17-,21-20-,24-23-,27-26-,30-29-,33-32-,36-35-,40-38+,41-39-,48-46+. The quantitative estimate of drug-likeness (QED) is 0.0434. The third-order valence-corrected chi connectivity index (χ3v) is 8.72. The van der Waals surface area contributed by atoms with Gasteiger partial charge in [0.05, 0.1) is 18.8 Å². The highest BCUT2D eigenvalue weighted by Crippen LogP contribution is 2.06. The maximum absolute atomic E-state index is 12.3. The van der Waals surface area contributed by atoms with Crippen LogP contribution in [0.15, 0.2) is 158 Å². The topological polar surface area (TPSA) is 69.6 Å². The Kier molecular flexibility index (Phi) is 43.1. The molecule has 0 fully saturated rings. The molecule has 0 heterocycles. The van der Waals surface area contributed by atoms with Crippen molar-refractivity contribution in [2.75, 3.05) is 6.61 Å². The first-order valence-corrected chi connectivity index (χ1v) is 22.2. The van der Waals surface area contributed by atoms with Crippen LogP contribution in [-0.2, 0) is 4.79 Å². The fourth-order valence-corrected chi connectivity index (χ4v) is 5.34. The van der Waals surface area contributed by atoms with Crippen molar-refractivity contribution in [3.05, 3.63) is 158 Å². The summed E-state index contributed by atoms with van der Waals surface area (Å²) in [7, 11) is 0. The lowest BCUT2D eigenvalue weighted by Crippen LogP contribution is -2.45. The number of rotatable bonds is 37. The number of unbranched alkanes of at least 4 members (excludes halogenated alkanes) is 6.